The number of carbonyl (C=O) groups is 1. The number of piperazine rings is 1. The Balaban J connectivity index is 1.37. The van der Waals surface area contributed by atoms with Gasteiger partial charge in [0.25, 0.3) is 5.91 Å². The summed E-state index contributed by atoms with van der Waals surface area (Å²) in [5.41, 5.74) is 0.461. The summed E-state index contributed by atoms with van der Waals surface area (Å²) in [5.74, 6) is 0.653. The van der Waals surface area contributed by atoms with Gasteiger partial charge in [-0.25, -0.2) is 15.0 Å². The minimum Gasteiger partial charge on any atom is -0.378 e. The van der Waals surface area contributed by atoms with Crippen molar-refractivity contribution in [3.8, 4) is 0 Å². The molecule has 1 fully saturated rings. The molecule has 0 atom stereocenters. The van der Waals surface area contributed by atoms with Crippen LogP contribution in [-0.4, -0.2) is 72.1 Å². The van der Waals surface area contributed by atoms with Crippen LogP contribution in [0, 0.1) is 0 Å². The normalized spacial score (nSPS) is 15.3. The minimum absolute atomic E-state index is 0.130. The van der Waals surface area contributed by atoms with Gasteiger partial charge in [-0.1, -0.05) is 0 Å². The van der Waals surface area contributed by atoms with Crippen LogP contribution in [0.1, 0.15) is 15.5 Å². The lowest BCUT2D eigenvalue weighted by molar-refractivity contribution is 0.0943. The summed E-state index contributed by atoms with van der Waals surface area (Å²) in [6, 6.07) is 1.82. The molecule has 1 aliphatic rings. The van der Waals surface area contributed by atoms with E-state index >= 15 is 0 Å². The SMILES string of the molecule is COCc1nc(C(=O)NCCN2CCN(c3ncccn3)CC2)cs1. The number of thiazole rings is 1. The maximum absolute atomic E-state index is 12.1. The van der Waals surface area contributed by atoms with Crippen LogP contribution < -0.4 is 10.2 Å². The lowest BCUT2D eigenvalue weighted by Gasteiger charge is -2.34. The molecule has 0 aliphatic carbocycles. The van der Waals surface area contributed by atoms with Crippen LogP contribution in [0.15, 0.2) is 23.8 Å². The highest BCUT2D eigenvalue weighted by Gasteiger charge is 2.18. The quantitative estimate of drug-likeness (QED) is 0.773. The lowest BCUT2D eigenvalue weighted by Crippen LogP contribution is -2.49. The Morgan fingerprint density at radius 2 is 2.04 bits per heavy atom. The Morgan fingerprint density at radius 3 is 2.76 bits per heavy atom. The molecule has 3 heterocycles. The number of nitrogens with zero attached hydrogens (tertiary/aromatic N) is 5. The molecule has 2 aromatic rings. The van der Waals surface area contributed by atoms with Gasteiger partial charge in [0.1, 0.15) is 10.7 Å². The first-order chi connectivity index (χ1) is 12.3. The zero-order valence-electron chi connectivity index (χ0n) is 14.2. The minimum atomic E-state index is -0.130. The first-order valence-corrected chi connectivity index (χ1v) is 9.10. The van der Waals surface area contributed by atoms with E-state index < -0.39 is 0 Å². The van der Waals surface area contributed by atoms with Gasteiger partial charge in [-0.05, 0) is 6.07 Å². The van der Waals surface area contributed by atoms with Gasteiger partial charge in [-0.3, -0.25) is 9.69 Å². The number of methoxy groups -OCH3 is 1. The summed E-state index contributed by atoms with van der Waals surface area (Å²) in [5, 5.41) is 5.51. The molecule has 1 N–H and O–H groups in total. The van der Waals surface area contributed by atoms with Crippen molar-refractivity contribution in [1.82, 2.24) is 25.2 Å². The summed E-state index contributed by atoms with van der Waals surface area (Å²) in [4.78, 5) is 29.4. The predicted molar refractivity (Wildman–Crippen MR) is 95.8 cm³/mol. The predicted octanol–water partition coefficient (Wildman–Crippen LogP) is 0.631. The molecule has 134 valence electrons. The highest BCUT2D eigenvalue weighted by atomic mass is 32.1. The van der Waals surface area contributed by atoms with Crippen molar-refractivity contribution in [2.24, 2.45) is 0 Å². The topological polar surface area (TPSA) is 83.5 Å². The van der Waals surface area contributed by atoms with Crippen molar-refractivity contribution >= 4 is 23.2 Å². The standard InChI is InChI=1S/C16H22N6O2S/c1-24-11-14-20-13(12-25-14)15(23)17-5-6-21-7-9-22(10-8-21)16-18-3-2-4-19-16/h2-4,12H,5-11H2,1H3,(H,17,23). The molecule has 25 heavy (non-hydrogen) atoms. The van der Waals surface area contributed by atoms with E-state index in [2.05, 4.69) is 30.1 Å². The highest BCUT2D eigenvalue weighted by Crippen LogP contribution is 2.11. The van der Waals surface area contributed by atoms with Crippen LogP contribution in [0.3, 0.4) is 0 Å². The fraction of sp³-hybridized carbons (Fsp3) is 0.500. The first kappa shape index (κ1) is 17.7. The van der Waals surface area contributed by atoms with Crippen LogP contribution in [0.4, 0.5) is 5.95 Å². The monoisotopic (exact) mass is 362 g/mol. The Kier molecular flexibility index (Phi) is 6.26. The molecule has 1 amide bonds. The molecule has 1 saturated heterocycles. The second-order valence-corrected chi connectivity index (χ2v) is 6.64. The zero-order valence-corrected chi connectivity index (χ0v) is 15.0. The summed E-state index contributed by atoms with van der Waals surface area (Å²) in [6.45, 7) is 5.52. The number of amides is 1. The summed E-state index contributed by atoms with van der Waals surface area (Å²) >= 11 is 1.44. The number of ether oxygens (including phenoxy) is 1. The molecule has 0 radical (unpaired) electrons. The van der Waals surface area contributed by atoms with Gasteiger partial charge in [-0.2, -0.15) is 0 Å². The summed E-state index contributed by atoms with van der Waals surface area (Å²) in [7, 11) is 1.62. The van der Waals surface area contributed by atoms with E-state index in [-0.39, 0.29) is 5.91 Å². The van der Waals surface area contributed by atoms with E-state index in [4.69, 9.17) is 4.74 Å². The van der Waals surface area contributed by atoms with E-state index in [1.807, 2.05) is 6.07 Å². The molecule has 0 spiro atoms. The number of aromatic nitrogens is 3. The van der Waals surface area contributed by atoms with Crippen LogP contribution in [0.2, 0.25) is 0 Å². The first-order valence-electron chi connectivity index (χ1n) is 8.22. The van der Waals surface area contributed by atoms with Crippen molar-refractivity contribution in [2.45, 2.75) is 6.61 Å². The number of hydrogen-bond donors (Lipinski definition) is 1. The summed E-state index contributed by atoms with van der Waals surface area (Å²) < 4.78 is 5.02. The molecular weight excluding hydrogens is 340 g/mol. The van der Waals surface area contributed by atoms with Crippen molar-refractivity contribution in [3.63, 3.8) is 0 Å². The molecule has 0 aromatic carbocycles. The van der Waals surface area contributed by atoms with Gasteiger partial charge in [-0.15, -0.1) is 11.3 Å². The molecule has 9 heteroatoms. The second-order valence-electron chi connectivity index (χ2n) is 5.69. The molecule has 0 saturated carbocycles. The molecule has 1 aliphatic heterocycles. The van der Waals surface area contributed by atoms with Gasteiger partial charge < -0.3 is 15.0 Å². The van der Waals surface area contributed by atoms with Crippen LogP contribution in [-0.2, 0) is 11.3 Å². The van der Waals surface area contributed by atoms with Gasteiger partial charge in [0.2, 0.25) is 5.95 Å². The highest BCUT2D eigenvalue weighted by molar-refractivity contribution is 7.09. The van der Waals surface area contributed by atoms with Gasteiger partial charge in [0.15, 0.2) is 0 Å². The molecule has 0 unspecified atom stereocenters. The number of anilines is 1. The summed E-state index contributed by atoms with van der Waals surface area (Å²) in [6.07, 6.45) is 3.53. The van der Waals surface area contributed by atoms with Crippen LogP contribution >= 0.6 is 11.3 Å². The third-order valence-electron chi connectivity index (χ3n) is 3.97. The Labute approximate surface area is 150 Å². The van der Waals surface area contributed by atoms with E-state index in [9.17, 15) is 4.79 Å². The molecule has 8 nitrogen and oxygen atoms in total. The lowest BCUT2D eigenvalue weighted by atomic mass is 10.3. The van der Waals surface area contributed by atoms with Crippen LogP contribution in [0.5, 0.6) is 0 Å². The van der Waals surface area contributed by atoms with E-state index in [0.29, 0.717) is 18.8 Å². The Bertz CT molecular complexity index is 672. The van der Waals surface area contributed by atoms with E-state index in [0.717, 1.165) is 43.7 Å². The number of hydrogen-bond acceptors (Lipinski definition) is 8. The van der Waals surface area contributed by atoms with Gasteiger partial charge in [0.05, 0.1) is 6.61 Å². The van der Waals surface area contributed by atoms with Crippen molar-refractivity contribution in [2.75, 3.05) is 51.3 Å². The third-order valence-corrected chi connectivity index (χ3v) is 4.80. The Hall–Kier alpha value is -2.10. The largest absolute Gasteiger partial charge is 0.378 e. The van der Waals surface area contributed by atoms with Crippen LogP contribution in [0.25, 0.3) is 0 Å². The van der Waals surface area contributed by atoms with Crippen molar-refractivity contribution < 1.29 is 9.53 Å². The third kappa shape index (κ3) is 4.94. The molecular formula is C16H22N6O2S. The van der Waals surface area contributed by atoms with Crippen molar-refractivity contribution in [1.29, 1.82) is 0 Å². The Morgan fingerprint density at radius 1 is 1.28 bits per heavy atom. The zero-order chi connectivity index (χ0) is 17.5. The fourth-order valence-corrected chi connectivity index (χ4v) is 3.39. The van der Waals surface area contributed by atoms with Crippen molar-refractivity contribution in [3.05, 3.63) is 34.5 Å². The maximum atomic E-state index is 12.1. The fourth-order valence-electron chi connectivity index (χ4n) is 2.65. The van der Waals surface area contributed by atoms with E-state index in [1.54, 1.807) is 24.9 Å². The average molecular weight is 362 g/mol. The maximum Gasteiger partial charge on any atom is 0.270 e. The van der Waals surface area contributed by atoms with Gasteiger partial charge in [0, 0.05) is 64.2 Å². The molecule has 0 bridgehead atoms. The number of carbonyl (C=O) groups excluding carboxylic acids is 1. The molecule has 2 aromatic heterocycles. The molecule has 3 rings (SSSR count). The second kappa shape index (κ2) is 8.84. The smallest absolute Gasteiger partial charge is 0.270 e. The van der Waals surface area contributed by atoms with E-state index in [1.165, 1.54) is 11.3 Å². The van der Waals surface area contributed by atoms with Gasteiger partial charge >= 0.3 is 0 Å². The average Bonchev–Trinajstić information content (AvgIpc) is 3.12. The number of rotatable bonds is 7. The number of nitrogens with one attached hydrogen (secondary N) is 1.